The number of hydrogen-bond donors (Lipinski definition) is 2. The van der Waals surface area contributed by atoms with Crippen molar-refractivity contribution >= 4 is 17.9 Å². The van der Waals surface area contributed by atoms with Crippen LogP contribution in [0.2, 0.25) is 0 Å². The molecule has 55 heavy (non-hydrogen) atoms. The molecule has 4 unspecified atom stereocenters. The Hall–Kier alpha value is -6.04. The van der Waals surface area contributed by atoms with Crippen LogP contribution >= 0.6 is 0 Å². The molecule has 4 atom stereocenters. The van der Waals surface area contributed by atoms with E-state index >= 15 is 0 Å². The number of hydrogen-bond acceptors (Lipinski definition) is 10. The van der Waals surface area contributed by atoms with Gasteiger partial charge in [-0.05, 0) is 104 Å². The molecule has 1 aliphatic rings. The van der Waals surface area contributed by atoms with E-state index in [1.807, 2.05) is 68.4 Å². The summed E-state index contributed by atoms with van der Waals surface area (Å²) in [5.41, 5.74) is 3.95. The van der Waals surface area contributed by atoms with Crippen molar-refractivity contribution in [1.82, 2.24) is 10.6 Å². The topological polar surface area (TPSA) is 132 Å². The van der Waals surface area contributed by atoms with Crippen molar-refractivity contribution in [2.45, 2.75) is 50.8 Å². The number of methoxy groups -OCH3 is 7. The van der Waals surface area contributed by atoms with Crippen LogP contribution in [0, 0.1) is 0 Å². The first kappa shape index (κ1) is 40.2. The number of rotatable bonds is 17. The summed E-state index contributed by atoms with van der Waals surface area (Å²) in [7, 11) is 11.0. The molecule has 4 aromatic rings. The Bertz CT molecular complexity index is 2010. The highest BCUT2D eigenvalue weighted by atomic mass is 16.5. The van der Waals surface area contributed by atoms with E-state index in [0.717, 1.165) is 11.1 Å². The zero-order valence-corrected chi connectivity index (χ0v) is 32.8. The smallest absolute Gasteiger partial charge is 0.244 e. The molecule has 12 nitrogen and oxygen atoms in total. The van der Waals surface area contributed by atoms with Crippen LogP contribution in [0.25, 0.3) is 6.08 Å². The molecule has 12 heteroatoms. The van der Waals surface area contributed by atoms with Crippen LogP contribution in [-0.2, 0) is 22.4 Å². The molecule has 1 aliphatic heterocycles. The van der Waals surface area contributed by atoms with Crippen molar-refractivity contribution in [3.8, 4) is 46.0 Å². The van der Waals surface area contributed by atoms with E-state index in [4.69, 9.17) is 37.9 Å². The van der Waals surface area contributed by atoms with Crippen LogP contribution in [0.3, 0.4) is 0 Å². The van der Waals surface area contributed by atoms with Gasteiger partial charge in [-0.3, -0.25) is 9.59 Å². The van der Waals surface area contributed by atoms with Gasteiger partial charge in [-0.25, -0.2) is 0 Å². The first-order valence-electron chi connectivity index (χ1n) is 17.9. The summed E-state index contributed by atoms with van der Waals surface area (Å²) in [5, 5.41) is 6.23. The highest BCUT2D eigenvalue weighted by Gasteiger charge is 2.43. The third kappa shape index (κ3) is 9.37. The number of benzene rings is 4. The average Bonchev–Trinajstić information content (AvgIpc) is 3.59. The standard InChI is InChI=1S/C43H50N2O10/c1-25(18-27-10-14-32(48-3)35(21-27)51-6)44-39(46)17-12-29-20-31-40(43(47)45-26(2)19-28-11-15-33(49-4)36(22-28)52-7)41(55-42(31)38(23-29)54-9)30-13-16-34(50-5)37(24-30)53-8/h10-17,20-26,40-41H,18-19H2,1-9H3,(H,44,46)(H,45,47). The molecule has 5 rings (SSSR count). The van der Waals surface area contributed by atoms with Gasteiger partial charge in [0.15, 0.2) is 46.0 Å². The first-order chi connectivity index (χ1) is 26.5. The molecular weight excluding hydrogens is 704 g/mol. The second-order valence-corrected chi connectivity index (χ2v) is 13.2. The number of ether oxygens (including phenoxy) is 8. The van der Waals surface area contributed by atoms with E-state index in [2.05, 4.69) is 10.6 Å². The van der Waals surface area contributed by atoms with Crippen molar-refractivity contribution in [3.63, 3.8) is 0 Å². The fraction of sp³-hybridized carbons (Fsp3) is 0.349. The summed E-state index contributed by atoms with van der Waals surface area (Å²) in [4.78, 5) is 27.5. The number of amides is 2. The Morgan fingerprint density at radius 3 is 1.64 bits per heavy atom. The summed E-state index contributed by atoms with van der Waals surface area (Å²) in [6.07, 6.45) is 3.56. The van der Waals surface area contributed by atoms with Gasteiger partial charge < -0.3 is 48.5 Å². The molecule has 292 valence electrons. The van der Waals surface area contributed by atoms with Gasteiger partial charge in [0.25, 0.3) is 0 Å². The third-order valence-electron chi connectivity index (χ3n) is 9.41. The highest BCUT2D eigenvalue weighted by molar-refractivity contribution is 5.92. The molecule has 2 N–H and O–H groups in total. The quantitative estimate of drug-likeness (QED) is 0.116. The lowest BCUT2D eigenvalue weighted by Crippen LogP contribution is -2.38. The van der Waals surface area contributed by atoms with E-state index in [-0.39, 0.29) is 23.9 Å². The largest absolute Gasteiger partial charge is 0.493 e. The van der Waals surface area contributed by atoms with Crippen molar-refractivity contribution in [3.05, 3.63) is 101 Å². The molecule has 0 radical (unpaired) electrons. The van der Waals surface area contributed by atoms with E-state index in [0.29, 0.717) is 75.5 Å². The van der Waals surface area contributed by atoms with Crippen molar-refractivity contribution in [2.75, 3.05) is 49.8 Å². The van der Waals surface area contributed by atoms with Gasteiger partial charge in [-0.1, -0.05) is 18.2 Å². The minimum absolute atomic E-state index is 0.172. The maximum absolute atomic E-state index is 14.4. The highest BCUT2D eigenvalue weighted by Crippen LogP contribution is 2.52. The van der Waals surface area contributed by atoms with Crippen molar-refractivity contribution < 1.29 is 47.5 Å². The predicted molar refractivity (Wildman–Crippen MR) is 209 cm³/mol. The van der Waals surface area contributed by atoms with Crippen LogP contribution in [0.5, 0.6) is 46.0 Å². The molecule has 0 aliphatic carbocycles. The monoisotopic (exact) mass is 754 g/mol. The molecular formula is C43H50N2O10. The molecule has 4 aromatic carbocycles. The summed E-state index contributed by atoms with van der Waals surface area (Å²) in [5.74, 6) is 3.13. The average molecular weight is 755 g/mol. The molecule has 0 fully saturated rings. The van der Waals surface area contributed by atoms with Gasteiger partial charge in [-0.15, -0.1) is 0 Å². The number of carbonyl (C=O) groups is 2. The Kier molecular flexibility index (Phi) is 13.4. The lowest BCUT2D eigenvalue weighted by molar-refractivity contribution is -0.124. The molecule has 0 spiro atoms. The van der Waals surface area contributed by atoms with Crippen molar-refractivity contribution in [2.24, 2.45) is 0 Å². The minimum atomic E-state index is -0.779. The lowest BCUT2D eigenvalue weighted by Gasteiger charge is -2.23. The van der Waals surface area contributed by atoms with Crippen LogP contribution in [0.4, 0.5) is 0 Å². The van der Waals surface area contributed by atoms with E-state index in [1.54, 1.807) is 68.0 Å². The molecule has 0 aromatic heterocycles. The van der Waals surface area contributed by atoms with Gasteiger partial charge in [-0.2, -0.15) is 0 Å². The number of carbonyl (C=O) groups excluding carboxylic acids is 2. The summed E-state index contributed by atoms with van der Waals surface area (Å²) < 4.78 is 45.0. The molecule has 0 saturated carbocycles. The van der Waals surface area contributed by atoms with E-state index in [1.165, 1.54) is 6.08 Å². The summed E-state index contributed by atoms with van der Waals surface area (Å²) in [6, 6.07) is 20.0. The maximum Gasteiger partial charge on any atom is 0.244 e. The van der Waals surface area contributed by atoms with Crippen molar-refractivity contribution in [1.29, 1.82) is 0 Å². The number of fused-ring (bicyclic) bond motifs is 1. The van der Waals surface area contributed by atoms with Gasteiger partial charge in [0.2, 0.25) is 11.8 Å². The van der Waals surface area contributed by atoms with Crippen LogP contribution in [-0.4, -0.2) is 73.7 Å². The Balaban J connectivity index is 1.40. The normalized spacial score (nSPS) is 15.6. The lowest BCUT2D eigenvalue weighted by atomic mass is 9.88. The first-order valence-corrected chi connectivity index (χ1v) is 17.9. The third-order valence-corrected chi connectivity index (χ3v) is 9.41. The maximum atomic E-state index is 14.4. The fourth-order valence-electron chi connectivity index (χ4n) is 6.80. The predicted octanol–water partition coefficient (Wildman–Crippen LogP) is 6.47. The molecule has 2 amide bonds. The second kappa shape index (κ2) is 18.3. The zero-order chi connectivity index (χ0) is 39.6. The van der Waals surface area contributed by atoms with Crippen LogP contribution < -0.4 is 48.5 Å². The van der Waals surface area contributed by atoms with Gasteiger partial charge in [0, 0.05) is 23.7 Å². The SMILES string of the molecule is COc1ccc(CC(C)NC(=O)C=Cc2cc(OC)c3c(c2)C(C(=O)NC(C)Cc2ccc(OC)c(OC)c2)C(c2ccc(OC)c(OC)c2)O3)cc1OC. The van der Waals surface area contributed by atoms with E-state index < -0.39 is 12.0 Å². The van der Waals surface area contributed by atoms with Crippen LogP contribution in [0.1, 0.15) is 53.7 Å². The number of nitrogens with one attached hydrogen (secondary N) is 2. The van der Waals surface area contributed by atoms with Gasteiger partial charge in [0.1, 0.15) is 12.0 Å². The molecule has 0 saturated heterocycles. The van der Waals surface area contributed by atoms with E-state index in [9.17, 15) is 9.59 Å². The second-order valence-electron chi connectivity index (χ2n) is 13.2. The molecule has 0 bridgehead atoms. The fourth-order valence-corrected chi connectivity index (χ4v) is 6.80. The minimum Gasteiger partial charge on any atom is -0.493 e. The van der Waals surface area contributed by atoms with Gasteiger partial charge in [0.05, 0.1) is 49.8 Å². The Labute approximate surface area is 322 Å². The zero-order valence-electron chi connectivity index (χ0n) is 32.8. The Morgan fingerprint density at radius 2 is 1.11 bits per heavy atom. The van der Waals surface area contributed by atoms with Crippen LogP contribution in [0.15, 0.2) is 72.8 Å². The van der Waals surface area contributed by atoms with Gasteiger partial charge >= 0.3 is 0 Å². The Morgan fingerprint density at radius 1 is 0.618 bits per heavy atom. The summed E-state index contributed by atoms with van der Waals surface area (Å²) >= 11 is 0. The summed E-state index contributed by atoms with van der Waals surface area (Å²) in [6.45, 7) is 3.88. The molecule has 1 heterocycles.